The van der Waals surface area contributed by atoms with E-state index in [-0.39, 0.29) is 42.4 Å². The number of aliphatic carboxylic acids is 1. The first-order valence-corrected chi connectivity index (χ1v) is 23.5. The zero-order valence-corrected chi connectivity index (χ0v) is 41.9. The van der Waals surface area contributed by atoms with Crippen LogP contribution >= 0.6 is 0 Å². The fourth-order valence-electron chi connectivity index (χ4n) is 8.75. The predicted octanol–water partition coefficient (Wildman–Crippen LogP) is 3.15. The molecule has 0 spiro atoms. The van der Waals surface area contributed by atoms with Gasteiger partial charge in [0.1, 0.15) is 12.1 Å². The lowest BCUT2D eigenvalue weighted by molar-refractivity contribution is -0.149. The Hall–Kier alpha value is -3.75. The molecule has 0 aromatic heterocycles. The van der Waals surface area contributed by atoms with Crippen LogP contribution in [0.3, 0.4) is 0 Å². The summed E-state index contributed by atoms with van der Waals surface area (Å²) >= 11 is 0. The number of nitrogens with one attached hydrogen (secondary N) is 2. The van der Waals surface area contributed by atoms with Crippen LogP contribution < -0.4 is 16.5 Å². The zero-order valence-electron chi connectivity index (χ0n) is 41.9. The summed E-state index contributed by atoms with van der Waals surface area (Å²) in [6, 6.07) is 5.49. The van der Waals surface area contributed by atoms with Crippen LogP contribution in [0.25, 0.3) is 0 Å². The fourth-order valence-corrected chi connectivity index (χ4v) is 8.75. The first kappa shape index (κ1) is 58.4. The number of amides is 4. The van der Waals surface area contributed by atoms with Gasteiger partial charge in [-0.1, -0.05) is 92.1 Å². The molecule has 0 bridgehead atoms. The Balaban J connectivity index is 2.18. The minimum atomic E-state index is -1.15. The second-order valence-electron chi connectivity index (χ2n) is 18.9. The van der Waals surface area contributed by atoms with Crippen LogP contribution in [0.1, 0.15) is 86.6 Å². The van der Waals surface area contributed by atoms with Crippen molar-refractivity contribution in [1.29, 1.82) is 0 Å². The van der Waals surface area contributed by atoms with Gasteiger partial charge in [-0.2, -0.15) is 0 Å². The Morgan fingerprint density at radius 3 is 1.97 bits per heavy atom. The number of nitrogens with zero attached hydrogens (tertiary/aromatic N) is 3. The first-order chi connectivity index (χ1) is 31.2. The Bertz CT molecular complexity index is 1600. The van der Waals surface area contributed by atoms with E-state index in [1.165, 1.54) is 14.2 Å². The number of methoxy groups -OCH3 is 2. The molecule has 0 radical (unpaired) electrons. The summed E-state index contributed by atoms with van der Waals surface area (Å²) in [6.07, 6.45) is 0.606. The van der Waals surface area contributed by atoms with E-state index in [0.29, 0.717) is 78.6 Å². The summed E-state index contributed by atoms with van der Waals surface area (Å²) in [4.78, 5) is 78.8. The average Bonchev–Trinajstić information content (AvgIpc) is 3.76. The Labute approximate surface area is 394 Å². The monoisotopic (exact) mass is 937 g/mol. The highest BCUT2D eigenvalue weighted by molar-refractivity contribution is 5.91. The lowest BCUT2D eigenvalue weighted by Gasteiger charge is -2.42. The number of likely N-dealkylation sites (N-methyl/N-ethyl adjacent to an activating group) is 2. The predicted molar refractivity (Wildman–Crippen MR) is 251 cm³/mol. The van der Waals surface area contributed by atoms with Crippen molar-refractivity contribution in [3.63, 3.8) is 0 Å². The van der Waals surface area contributed by atoms with Gasteiger partial charge in [0.25, 0.3) is 0 Å². The third-order valence-corrected chi connectivity index (χ3v) is 12.6. The van der Waals surface area contributed by atoms with Gasteiger partial charge in [0, 0.05) is 40.8 Å². The number of ether oxygens (including phenoxy) is 5. The molecule has 18 heteroatoms. The highest BCUT2D eigenvalue weighted by Crippen LogP contribution is 2.31. The van der Waals surface area contributed by atoms with E-state index in [9.17, 15) is 29.1 Å². The van der Waals surface area contributed by atoms with Gasteiger partial charge in [-0.15, -0.1) is 0 Å². The summed E-state index contributed by atoms with van der Waals surface area (Å²) in [5.41, 5.74) is 0.0933. The van der Waals surface area contributed by atoms with Crippen molar-refractivity contribution in [1.82, 2.24) is 25.3 Å². The number of carbonyl (C=O) groups is 5. The number of hydrogen-bond acceptors (Lipinski definition) is 13. The van der Waals surface area contributed by atoms with Crippen molar-refractivity contribution in [3.8, 4) is 0 Å². The van der Waals surface area contributed by atoms with Crippen LogP contribution in [0.4, 0.5) is 0 Å². The van der Waals surface area contributed by atoms with Crippen molar-refractivity contribution in [2.75, 3.05) is 87.7 Å². The minimum absolute atomic E-state index is 0.0464. The van der Waals surface area contributed by atoms with Crippen molar-refractivity contribution in [3.05, 3.63) is 35.9 Å². The van der Waals surface area contributed by atoms with Crippen LogP contribution in [0, 0.1) is 23.2 Å². The lowest BCUT2D eigenvalue weighted by atomic mass is 9.83. The van der Waals surface area contributed by atoms with E-state index in [2.05, 4.69) is 15.5 Å². The van der Waals surface area contributed by atoms with Crippen LogP contribution in [-0.4, -0.2) is 179 Å². The molecule has 0 saturated carbocycles. The van der Waals surface area contributed by atoms with Gasteiger partial charge in [0.15, 0.2) is 0 Å². The first-order valence-electron chi connectivity index (χ1n) is 23.5. The number of benzene rings is 1. The molecule has 2 rings (SSSR count). The van der Waals surface area contributed by atoms with Crippen molar-refractivity contribution < 1.29 is 57.6 Å². The highest BCUT2D eigenvalue weighted by atomic mass is 16.6. The van der Waals surface area contributed by atoms with E-state index in [1.54, 1.807) is 23.8 Å². The summed E-state index contributed by atoms with van der Waals surface area (Å²) in [7, 11) is 6.60. The molecule has 0 unspecified atom stereocenters. The second-order valence-corrected chi connectivity index (χ2v) is 18.9. The van der Waals surface area contributed by atoms with E-state index >= 15 is 0 Å². The summed E-state index contributed by atoms with van der Waals surface area (Å²) < 4.78 is 28.6. The van der Waals surface area contributed by atoms with Gasteiger partial charge in [0.05, 0.1) is 88.9 Å². The van der Waals surface area contributed by atoms with Crippen LogP contribution in [0.2, 0.25) is 0 Å². The molecule has 1 fully saturated rings. The third kappa shape index (κ3) is 18.4. The normalized spacial score (nSPS) is 18.0. The zero-order chi connectivity index (χ0) is 49.6. The number of likely N-dealkylation sites (tertiary alicyclic amines) is 1. The summed E-state index contributed by atoms with van der Waals surface area (Å²) in [5.74, 6) is 1.61. The molecular formula is C48H84N6O12. The minimum Gasteiger partial charge on any atom is -0.480 e. The molecule has 1 aromatic rings. The van der Waals surface area contributed by atoms with Crippen LogP contribution in [0.15, 0.2) is 30.3 Å². The third-order valence-electron chi connectivity index (χ3n) is 12.6. The van der Waals surface area contributed by atoms with Gasteiger partial charge < -0.3 is 54.1 Å². The second kappa shape index (κ2) is 29.9. The average molecular weight is 937 g/mol. The van der Waals surface area contributed by atoms with Crippen molar-refractivity contribution in [2.45, 2.75) is 130 Å². The van der Waals surface area contributed by atoms with Crippen LogP contribution in [0.5, 0.6) is 0 Å². The Morgan fingerprint density at radius 1 is 0.864 bits per heavy atom. The molecule has 378 valence electrons. The van der Waals surface area contributed by atoms with Gasteiger partial charge in [-0.25, -0.2) is 10.7 Å². The van der Waals surface area contributed by atoms with Gasteiger partial charge in [-0.05, 0) is 42.7 Å². The van der Waals surface area contributed by atoms with Crippen molar-refractivity contribution >= 4 is 29.6 Å². The quantitative estimate of drug-likeness (QED) is 0.0603. The standard InChI is InChI=1S/C48H84N6O12/c1-13-33(4)41(53(10)46(58)43(48(6,7)8)51-45(57)40(32(2)3)52(9)22-23-63-24-25-64-26-27-65-28-29-66-49)38(61-11)31-39(55)54-21-17-20-37(54)42(62-12)34(5)44(56)50-36(47(59)60)30-35-18-15-14-16-19-35/h14-16,18-19,32-34,36-38,40-43H,13,17,20-31,49H2,1-12H3,(H,50,56)(H,51,57)(H,59,60)/t33-,34+,36-,37-,38+,40-,41-,42+,43+/m0/s1. The number of carbonyl (C=O) groups excluding carboxylic acids is 4. The molecule has 5 N–H and O–H groups in total. The number of carboxylic acid groups (broad SMARTS) is 1. The molecule has 18 nitrogen and oxygen atoms in total. The fraction of sp³-hybridized carbons (Fsp3) is 0.771. The molecule has 1 aromatic carbocycles. The molecule has 4 amide bonds. The topological polar surface area (TPSA) is 221 Å². The van der Waals surface area contributed by atoms with Gasteiger partial charge in [-0.3, -0.25) is 24.1 Å². The lowest BCUT2D eigenvalue weighted by Crippen LogP contribution is -2.62. The number of rotatable bonds is 32. The number of nitrogens with two attached hydrogens (primary N) is 1. The Kier molecular flexibility index (Phi) is 26.4. The summed E-state index contributed by atoms with van der Waals surface area (Å²) in [6.45, 7) is 19.0. The molecule has 1 aliphatic rings. The van der Waals surface area contributed by atoms with Gasteiger partial charge in [0.2, 0.25) is 23.6 Å². The summed E-state index contributed by atoms with van der Waals surface area (Å²) in [5, 5.41) is 15.8. The molecule has 9 atom stereocenters. The Morgan fingerprint density at radius 2 is 1.45 bits per heavy atom. The number of carboxylic acids is 1. The maximum absolute atomic E-state index is 14.7. The molecule has 0 aliphatic carbocycles. The molecule has 1 heterocycles. The molecule has 1 saturated heterocycles. The highest BCUT2D eigenvalue weighted by Gasteiger charge is 2.45. The molecule has 1 aliphatic heterocycles. The molecule has 66 heavy (non-hydrogen) atoms. The largest absolute Gasteiger partial charge is 0.480 e. The van der Waals surface area contributed by atoms with E-state index in [4.69, 9.17) is 29.6 Å². The van der Waals surface area contributed by atoms with Gasteiger partial charge >= 0.3 is 5.97 Å². The van der Waals surface area contributed by atoms with E-state index in [1.807, 2.05) is 90.7 Å². The van der Waals surface area contributed by atoms with E-state index in [0.717, 1.165) is 5.56 Å². The van der Waals surface area contributed by atoms with Crippen molar-refractivity contribution in [2.24, 2.45) is 29.1 Å². The smallest absolute Gasteiger partial charge is 0.326 e. The SMILES string of the molecule is CC[C@H](C)[C@@H]([C@@H](CC(=O)N1CCC[C@H]1[C@H](OC)[C@@H](C)C(=O)N[C@@H](Cc1ccccc1)C(=O)O)OC)N(C)C(=O)[C@@H](NC(=O)[C@H](C(C)C)N(C)CCOCCOCCOCCON)C(C)(C)C. The van der Waals surface area contributed by atoms with Crippen LogP contribution in [-0.2, 0) is 58.9 Å². The molecular weight excluding hydrogens is 853 g/mol. The maximum atomic E-state index is 14.7. The maximum Gasteiger partial charge on any atom is 0.326 e. The van der Waals surface area contributed by atoms with E-state index < -0.39 is 65.6 Å². The number of hydrogen-bond donors (Lipinski definition) is 4.